The van der Waals surface area contributed by atoms with Crippen molar-refractivity contribution < 1.29 is 9.90 Å². The number of carbonyl (C=O) groups excluding carboxylic acids is 1. The molecule has 1 N–H and O–H groups in total. The zero-order chi connectivity index (χ0) is 16.2. The first-order valence-electron chi connectivity index (χ1n) is 9.55. The van der Waals surface area contributed by atoms with Gasteiger partial charge in [-0.3, -0.25) is 4.79 Å². The Morgan fingerprint density at radius 3 is 2.74 bits per heavy atom. The summed E-state index contributed by atoms with van der Waals surface area (Å²) >= 11 is 0. The van der Waals surface area contributed by atoms with Crippen LogP contribution >= 0.6 is 0 Å². The fraction of sp³-hybridized carbons (Fsp3) is 0.762. The highest BCUT2D eigenvalue weighted by atomic mass is 16.3. The lowest BCUT2D eigenvalue weighted by atomic mass is 9.47. The molecule has 0 aliphatic heterocycles. The number of hydrogen-bond acceptors (Lipinski definition) is 2. The molecule has 0 saturated heterocycles. The summed E-state index contributed by atoms with van der Waals surface area (Å²) in [4.78, 5) is 11.9. The van der Waals surface area contributed by atoms with Crippen LogP contribution in [0, 0.1) is 28.6 Å². The molecule has 0 spiro atoms. The van der Waals surface area contributed by atoms with Crippen LogP contribution in [0.3, 0.4) is 0 Å². The van der Waals surface area contributed by atoms with Crippen LogP contribution < -0.4 is 0 Å². The Bertz CT molecular complexity index is 587. The van der Waals surface area contributed by atoms with Gasteiger partial charge in [-0.05, 0) is 81.1 Å². The van der Waals surface area contributed by atoms with E-state index >= 15 is 0 Å². The van der Waals surface area contributed by atoms with Gasteiger partial charge in [0, 0.05) is 11.8 Å². The van der Waals surface area contributed by atoms with Crippen molar-refractivity contribution in [2.24, 2.45) is 28.6 Å². The molecule has 0 heterocycles. The van der Waals surface area contributed by atoms with E-state index < -0.39 is 0 Å². The third kappa shape index (κ3) is 2.00. The van der Waals surface area contributed by atoms with E-state index in [1.807, 2.05) is 6.08 Å². The van der Waals surface area contributed by atoms with Crippen molar-refractivity contribution in [1.82, 2.24) is 0 Å². The molecule has 2 heteroatoms. The molecule has 2 nitrogen and oxygen atoms in total. The van der Waals surface area contributed by atoms with Crippen LogP contribution in [0.5, 0.6) is 0 Å². The molecular weight excluding hydrogens is 284 g/mol. The van der Waals surface area contributed by atoms with Crippen LogP contribution in [0.15, 0.2) is 23.3 Å². The number of aliphatic hydroxyl groups is 1. The molecule has 4 aliphatic rings. The minimum atomic E-state index is -0.0726. The van der Waals surface area contributed by atoms with E-state index in [4.69, 9.17) is 0 Å². The lowest BCUT2D eigenvalue weighted by Crippen LogP contribution is -2.52. The number of ketones is 1. The SMILES string of the molecule is C/C=C1/CCC2C3CCC4=CC(=O)CC[C@]4(CO)C3CC[C@]12C. The van der Waals surface area contributed by atoms with E-state index in [1.54, 1.807) is 5.57 Å². The fourth-order valence-corrected chi connectivity index (χ4v) is 6.98. The summed E-state index contributed by atoms with van der Waals surface area (Å²) in [6.07, 6.45) is 13.1. The quantitative estimate of drug-likeness (QED) is 0.727. The first kappa shape index (κ1) is 15.6. The molecule has 0 aromatic carbocycles. The summed E-state index contributed by atoms with van der Waals surface area (Å²) in [7, 11) is 0. The second-order valence-electron chi connectivity index (χ2n) is 8.67. The maximum absolute atomic E-state index is 11.9. The van der Waals surface area contributed by atoms with Crippen LogP contribution in [0.1, 0.15) is 65.2 Å². The highest BCUT2D eigenvalue weighted by Crippen LogP contribution is 2.66. The molecule has 5 atom stereocenters. The summed E-state index contributed by atoms with van der Waals surface area (Å²) in [6, 6.07) is 0. The molecule has 0 amide bonds. The smallest absolute Gasteiger partial charge is 0.155 e. The van der Waals surface area contributed by atoms with Crippen molar-refractivity contribution in [3.8, 4) is 0 Å². The fourth-order valence-electron chi connectivity index (χ4n) is 6.98. The predicted octanol–water partition coefficient (Wildman–Crippen LogP) is 4.44. The lowest BCUT2D eigenvalue weighted by molar-refractivity contribution is -0.118. The minimum absolute atomic E-state index is 0.0726. The van der Waals surface area contributed by atoms with Gasteiger partial charge in [0.05, 0.1) is 6.61 Å². The largest absolute Gasteiger partial charge is 0.395 e. The van der Waals surface area contributed by atoms with Crippen LogP contribution in [0.2, 0.25) is 0 Å². The highest BCUT2D eigenvalue weighted by Gasteiger charge is 2.58. The van der Waals surface area contributed by atoms with Crippen LogP contribution in [-0.2, 0) is 4.79 Å². The summed E-state index contributed by atoms with van der Waals surface area (Å²) in [5.41, 5.74) is 3.29. The Balaban J connectivity index is 1.72. The summed E-state index contributed by atoms with van der Waals surface area (Å²) in [5.74, 6) is 2.40. The van der Waals surface area contributed by atoms with Crippen LogP contribution in [0.25, 0.3) is 0 Å². The second kappa shape index (κ2) is 5.31. The van der Waals surface area contributed by atoms with E-state index in [-0.39, 0.29) is 17.8 Å². The van der Waals surface area contributed by atoms with Crippen LogP contribution in [-0.4, -0.2) is 17.5 Å². The van der Waals surface area contributed by atoms with Crippen molar-refractivity contribution in [3.05, 3.63) is 23.3 Å². The molecule has 0 aromatic heterocycles. The van der Waals surface area contributed by atoms with Gasteiger partial charge >= 0.3 is 0 Å². The summed E-state index contributed by atoms with van der Waals surface area (Å²) < 4.78 is 0. The van der Waals surface area contributed by atoms with Gasteiger partial charge in [-0.25, -0.2) is 0 Å². The molecule has 126 valence electrons. The van der Waals surface area contributed by atoms with E-state index in [1.165, 1.54) is 37.7 Å². The van der Waals surface area contributed by atoms with E-state index in [0.717, 1.165) is 24.7 Å². The molecular formula is C21H30O2. The van der Waals surface area contributed by atoms with Gasteiger partial charge in [0.25, 0.3) is 0 Å². The number of carbonyl (C=O) groups is 1. The van der Waals surface area contributed by atoms with Crippen molar-refractivity contribution in [2.75, 3.05) is 6.61 Å². The average molecular weight is 314 g/mol. The van der Waals surface area contributed by atoms with Crippen LogP contribution in [0.4, 0.5) is 0 Å². The zero-order valence-electron chi connectivity index (χ0n) is 14.6. The maximum Gasteiger partial charge on any atom is 0.155 e. The molecule has 3 unspecified atom stereocenters. The average Bonchev–Trinajstić information content (AvgIpc) is 2.90. The van der Waals surface area contributed by atoms with Gasteiger partial charge in [0.1, 0.15) is 0 Å². The Kier molecular flexibility index (Phi) is 3.61. The van der Waals surface area contributed by atoms with Crippen molar-refractivity contribution in [2.45, 2.75) is 65.2 Å². The van der Waals surface area contributed by atoms with Gasteiger partial charge in [0.15, 0.2) is 5.78 Å². The third-order valence-corrected chi connectivity index (χ3v) is 8.16. The number of fused-ring (bicyclic) bond motifs is 5. The van der Waals surface area contributed by atoms with Crippen molar-refractivity contribution in [1.29, 1.82) is 0 Å². The Morgan fingerprint density at radius 1 is 1.17 bits per heavy atom. The number of hydrogen-bond donors (Lipinski definition) is 1. The van der Waals surface area contributed by atoms with Gasteiger partial charge < -0.3 is 5.11 Å². The van der Waals surface area contributed by atoms with Gasteiger partial charge in [-0.1, -0.05) is 24.1 Å². The molecule has 0 aromatic rings. The topological polar surface area (TPSA) is 37.3 Å². The Hall–Kier alpha value is -0.890. The van der Waals surface area contributed by atoms with Crippen molar-refractivity contribution in [3.63, 3.8) is 0 Å². The molecule has 4 aliphatic carbocycles. The standard InChI is InChI=1S/C21H30O2/c1-3-14-5-7-18-17-6-4-15-12-16(23)8-11-21(15,13-22)19(17)9-10-20(14,18)2/h3,12,17-19,22H,4-11,13H2,1-2H3/b14-3-/t17?,18?,19?,20-,21-/m1/s1. The monoisotopic (exact) mass is 314 g/mol. The zero-order valence-corrected chi connectivity index (χ0v) is 14.6. The molecule has 0 radical (unpaired) electrons. The van der Waals surface area contributed by atoms with Gasteiger partial charge in [-0.15, -0.1) is 0 Å². The number of rotatable bonds is 1. The summed E-state index contributed by atoms with van der Waals surface area (Å²) in [6.45, 7) is 4.95. The molecule has 23 heavy (non-hydrogen) atoms. The van der Waals surface area contributed by atoms with Gasteiger partial charge in [0.2, 0.25) is 0 Å². The first-order chi connectivity index (χ1) is 11.0. The molecule has 3 saturated carbocycles. The number of allylic oxidation sites excluding steroid dienone is 2. The van der Waals surface area contributed by atoms with E-state index in [9.17, 15) is 9.90 Å². The second-order valence-corrected chi connectivity index (χ2v) is 8.67. The van der Waals surface area contributed by atoms with E-state index in [0.29, 0.717) is 17.8 Å². The van der Waals surface area contributed by atoms with Gasteiger partial charge in [-0.2, -0.15) is 0 Å². The number of aliphatic hydroxyl groups excluding tert-OH is 1. The normalized spacial score (nSPS) is 47.8. The molecule has 3 fully saturated rings. The third-order valence-electron chi connectivity index (χ3n) is 8.16. The lowest BCUT2D eigenvalue weighted by Gasteiger charge is -2.58. The minimum Gasteiger partial charge on any atom is -0.395 e. The highest BCUT2D eigenvalue weighted by molar-refractivity contribution is 5.91. The first-order valence-corrected chi connectivity index (χ1v) is 9.55. The maximum atomic E-state index is 11.9. The van der Waals surface area contributed by atoms with Crippen molar-refractivity contribution >= 4 is 5.78 Å². The predicted molar refractivity (Wildman–Crippen MR) is 91.9 cm³/mol. The Morgan fingerprint density at radius 2 is 2.00 bits per heavy atom. The molecule has 0 bridgehead atoms. The Labute approximate surface area is 140 Å². The molecule has 4 rings (SSSR count). The summed E-state index contributed by atoms with van der Waals surface area (Å²) in [5, 5.41) is 10.3. The van der Waals surface area contributed by atoms with E-state index in [2.05, 4.69) is 19.9 Å².